The standard InChI is InChI=1S/C9H15N5O3/c1-9(2,7(10)8(16)17)6(15)3-4-14-5-11-12-13-14/h5,7H,3-4,10H2,1-2H3,(H,16,17)/t7-/m1/s1. The molecule has 0 aliphatic carbocycles. The van der Waals surface area contributed by atoms with Gasteiger partial charge < -0.3 is 10.8 Å². The third-order valence-electron chi connectivity index (χ3n) is 2.72. The van der Waals surface area contributed by atoms with Gasteiger partial charge in [-0.15, -0.1) is 5.10 Å². The van der Waals surface area contributed by atoms with Gasteiger partial charge in [-0.25, -0.2) is 4.68 Å². The summed E-state index contributed by atoms with van der Waals surface area (Å²) in [6.07, 6.45) is 1.52. The maximum Gasteiger partial charge on any atom is 0.321 e. The van der Waals surface area contributed by atoms with E-state index in [9.17, 15) is 9.59 Å². The normalized spacial score (nSPS) is 13.4. The van der Waals surface area contributed by atoms with Crippen LogP contribution in [-0.2, 0) is 16.1 Å². The molecule has 1 rings (SSSR count). The Hall–Kier alpha value is -1.83. The van der Waals surface area contributed by atoms with Gasteiger partial charge in [0.25, 0.3) is 0 Å². The van der Waals surface area contributed by atoms with Crippen molar-refractivity contribution in [3.63, 3.8) is 0 Å². The Balaban J connectivity index is 2.60. The van der Waals surface area contributed by atoms with Gasteiger partial charge in [-0.3, -0.25) is 9.59 Å². The lowest BCUT2D eigenvalue weighted by molar-refractivity contribution is -0.145. The largest absolute Gasteiger partial charge is 0.480 e. The minimum atomic E-state index is -1.22. The number of carboxylic acids is 1. The fourth-order valence-electron chi connectivity index (χ4n) is 1.30. The quantitative estimate of drug-likeness (QED) is 0.659. The minimum absolute atomic E-state index is 0.138. The molecule has 1 aromatic heterocycles. The van der Waals surface area contributed by atoms with Crippen molar-refractivity contribution in [3.05, 3.63) is 6.33 Å². The van der Waals surface area contributed by atoms with E-state index in [-0.39, 0.29) is 12.2 Å². The molecule has 0 fully saturated rings. The Bertz CT molecular complexity index is 401. The van der Waals surface area contributed by atoms with E-state index >= 15 is 0 Å². The van der Waals surface area contributed by atoms with Crippen LogP contribution in [0.1, 0.15) is 20.3 Å². The zero-order valence-corrected chi connectivity index (χ0v) is 9.70. The molecule has 94 valence electrons. The fourth-order valence-corrected chi connectivity index (χ4v) is 1.30. The number of hydrogen-bond acceptors (Lipinski definition) is 6. The monoisotopic (exact) mass is 241 g/mol. The number of hydrogen-bond donors (Lipinski definition) is 2. The fraction of sp³-hybridized carbons (Fsp3) is 0.667. The zero-order chi connectivity index (χ0) is 13.1. The molecule has 1 atom stereocenters. The molecule has 17 heavy (non-hydrogen) atoms. The van der Waals surface area contributed by atoms with Crippen LogP contribution >= 0.6 is 0 Å². The van der Waals surface area contributed by atoms with Gasteiger partial charge in [0.2, 0.25) is 0 Å². The summed E-state index contributed by atoms with van der Waals surface area (Å²) in [7, 11) is 0. The number of carbonyl (C=O) groups is 2. The summed E-state index contributed by atoms with van der Waals surface area (Å²) in [5.41, 5.74) is 4.37. The molecule has 0 aliphatic rings. The number of carboxylic acid groups (broad SMARTS) is 1. The molecule has 0 saturated heterocycles. The first-order valence-corrected chi connectivity index (χ1v) is 5.08. The van der Waals surface area contributed by atoms with Crippen molar-refractivity contribution in [2.24, 2.45) is 11.1 Å². The van der Waals surface area contributed by atoms with E-state index in [1.807, 2.05) is 0 Å². The number of carbonyl (C=O) groups excluding carboxylic acids is 1. The first-order chi connectivity index (χ1) is 7.85. The van der Waals surface area contributed by atoms with Gasteiger partial charge in [0.1, 0.15) is 18.2 Å². The van der Waals surface area contributed by atoms with Crippen LogP contribution in [0.3, 0.4) is 0 Å². The van der Waals surface area contributed by atoms with Crippen molar-refractivity contribution < 1.29 is 14.7 Å². The molecule has 3 N–H and O–H groups in total. The molecule has 1 heterocycles. The summed E-state index contributed by atoms with van der Waals surface area (Å²) >= 11 is 0. The van der Waals surface area contributed by atoms with Gasteiger partial charge in [0.05, 0.1) is 6.54 Å². The lowest BCUT2D eigenvalue weighted by Gasteiger charge is -2.26. The summed E-state index contributed by atoms with van der Waals surface area (Å²) in [5, 5.41) is 19.3. The molecule has 0 bridgehead atoms. The van der Waals surface area contributed by atoms with Crippen LogP contribution in [0.25, 0.3) is 0 Å². The van der Waals surface area contributed by atoms with E-state index in [0.717, 1.165) is 0 Å². The second kappa shape index (κ2) is 5.00. The van der Waals surface area contributed by atoms with Crippen LogP contribution in [0.15, 0.2) is 6.33 Å². The van der Waals surface area contributed by atoms with Crippen LogP contribution < -0.4 is 5.73 Å². The number of rotatable bonds is 6. The predicted octanol–water partition coefficient (Wildman–Crippen LogP) is -0.930. The molecule has 0 saturated carbocycles. The molecule has 0 aliphatic heterocycles. The molecular formula is C9H15N5O3. The second-order valence-electron chi connectivity index (χ2n) is 4.28. The van der Waals surface area contributed by atoms with Crippen LogP contribution in [0.4, 0.5) is 0 Å². The summed E-state index contributed by atoms with van der Waals surface area (Å²) in [5.74, 6) is -1.42. The number of tetrazole rings is 1. The number of Topliss-reactive ketones (excluding diaryl/α,β-unsaturated/α-hetero) is 1. The summed E-state index contributed by atoms with van der Waals surface area (Å²) in [4.78, 5) is 22.6. The molecule has 8 nitrogen and oxygen atoms in total. The van der Waals surface area contributed by atoms with Crippen molar-refractivity contribution in [2.45, 2.75) is 32.9 Å². The van der Waals surface area contributed by atoms with Crippen LogP contribution in [0, 0.1) is 5.41 Å². The topological polar surface area (TPSA) is 124 Å². The molecule has 0 radical (unpaired) electrons. The van der Waals surface area contributed by atoms with Crippen molar-refractivity contribution in [1.29, 1.82) is 0 Å². The van der Waals surface area contributed by atoms with Crippen LogP contribution in [0.2, 0.25) is 0 Å². The maximum atomic E-state index is 11.9. The Labute approximate surface area is 97.8 Å². The van der Waals surface area contributed by atoms with E-state index in [4.69, 9.17) is 10.8 Å². The highest BCUT2D eigenvalue weighted by Crippen LogP contribution is 2.22. The van der Waals surface area contributed by atoms with E-state index in [0.29, 0.717) is 6.54 Å². The van der Waals surface area contributed by atoms with Crippen molar-refractivity contribution in [3.8, 4) is 0 Å². The lowest BCUT2D eigenvalue weighted by atomic mass is 9.79. The molecule has 0 aromatic carbocycles. The highest BCUT2D eigenvalue weighted by Gasteiger charge is 2.38. The van der Waals surface area contributed by atoms with Gasteiger partial charge in [-0.05, 0) is 10.4 Å². The third-order valence-corrected chi connectivity index (χ3v) is 2.72. The SMILES string of the molecule is CC(C)(C(=O)CCn1cnnn1)[C@H](N)C(=O)O. The maximum absolute atomic E-state index is 11.9. The van der Waals surface area contributed by atoms with E-state index in [1.165, 1.54) is 24.9 Å². The minimum Gasteiger partial charge on any atom is -0.480 e. The highest BCUT2D eigenvalue weighted by atomic mass is 16.4. The van der Waals surface area contributed by atoms with Gasteiger partial charge in [-0.2, -0.15) is 0 Å². The lowest BCUT2D eigenvalue weighted by Crippen LogP contribution is -2.48. The molecule has 0 unspecified atom stereocenters. The number of aliphatic carboxylic acids is 1. The number of nitrogens with two attached hydrogens (primary N) is 1. The summed E-state index contributed by atoms with van der Waals surface area (Å²) < 4.78 is 1.40. The van der Waals surface area contributed by atoms with E-state index in [2.05, 4.69) is 15.5 Å². The predicted molar refractivity (Wildman–Crippen MR) is 56.8 cm³/mol. The van der Waals surface area contributed by atoms with Crippen molar-refractivity contribution >= 4 is 11.8 Å². The molecule has 0 spiro atoms. The number of aryl methyl sites for hydroxylation is 1. The first-order valence-electron chi connectivity index (χ1n) is 5.08. The van der Waals surface area contributed by atoms with Gasteiger partial charge in [-0.1, -0.05) is 13.8 Å². The first kappa shape index (κ1) is 13.2. The molecular weight excluding hydrogens is 226 g/mol. The second-order valence-corrected chi connectivity index (χ2v) is 4.28. The highest BCUT2D eigenvalue weighted by molar-refractivity contribution is 5.90. The molecule has 0 amide bonds. The zero-order valence-electron chi connectivity index (χ0n) is 9.70. The Morgan fingerprint density at radius 1 is 1.53 bits per heavy atom. The average Bonchev–Trinajstić information content (AvgIpc) is 2.77. The third kappa shape index (κ3) is 3.06. The van der Waals surface area contributed by atoms with E-state index in [1.54, 1.807) is 0 Å². The smallest absolute Gasteiger partial charge is 0.321 e. The van der Waals surface area contributed by atoms with E-state index < -0.39 is 17.4 Å². The Morgan fingerprint density at radius 2 is 2.18 bits per heavy atom. The number of ketones is 1. The summed E-state index contributed by atoms with van der Waals surface area (Å²) in [6.45, 7) is 3.35. The average molecular weight is 241 g/mol. The molecule has 8 heteroatoms. The van der Waals surface area contributed by atoms with Gasteiger partial charge >= 0.3 is 5.97 Å². The van der Waals surface area contributed by atoms with Gasteiger partial charge in [0, 0.05) is 11.8 Å². The Morgan fingerprint density at radius 3 is 2.65 bits per heavy atom. The Kier molecular flexibility index (Phi) is 3.89. The van der Waals surface area contributed by atoms with Crippen LogP contribution in [0.5, 0.6) is 0 Å². The number of aromatic nitrogens is 4. The van der Waals surface area contributed by atoms with Crippen molar-refractivity contribution in [1.82, 2.24) is 20.2 Å². The van der Waals surface area contributed by atoms with Gasteiger partial charge in [0.15, 0.2) is 0 Å². The number of nitrogens with zero attached hydrogens (tertiary/aromatic N) is 4. The van der Waals surface area contributed by atoms with Crippen LogP contribution in [-0.4, -0.2) is 43.1 Å². The molecule has 1 aromatic rings. The summed E-state index contributed by atoms with van der Waals surface area (Å²) in [6, 6.07) is -1.22. The van der Waals surface area contributed by atoms with Crippen molar-refractivity contribution in [2.75, 3.05) is 0 Å².